The van der Waals surface area contributed by atoms with Gasteiger partial charge < -0.3 is 5.32 Å². The molecule has 4 nitrogen and oxygen atoms in total. The average Bonchev–Trinajstić information content (AvgIpc) is 3.09. The Kier molecular flexibility index (Phi) is 4.01. The van der Waals surface area contributed by atoms with Crippen LogP contribution in [0.1, 0.15) is 24.7 Å². The highest BCUT2D eigenvalue weighted by Crippen LogP contribution is 2.27. The first-order valence-electron chi connectivity index (χ1n) is 7.95. The van der Waals surface area contributed by atoms with Crippen molar-refractivity contribution in [3.63, 3.8) is 0 Å². The number of halogens is 3. The van der Waals surface area contributed by atoms with Crippen LogP contribution in [0.15, 0.2) is 41.2 Å². The first-order valence-corrected chi connectivity index (χ1v) is 8.33. The summed E-state index contributed by atoms with van der Waals surface area (Å²) < 4.78 is 28.7. The van der Waals surface area contributed by atoms with Gasteiger partial charge in [0.15, 0.2) is 0 Å². The fourth-order valence-electron chi connectivity index (χ4n) is 3.25. The minimum Gasteiger partial charge on any atom is -0.307 e. The van der Waals surface area contributed by atoms with E-state index in [-0.39, 0.29) is 11.7 Å². The monoisotopic (exact) mass is 361 g/mol. The van der Waals surface area contributed by atoms with Crippen molar-refractivity contribution in [2.24, 2.45) is 0 Å². The maximum absolute atomic E-state index is 13.7. The zero-order chi connectivity index (χ0) is 17.6. The molecule has 1 saturated heterocycles. The number of benzene rings is 2. The number of aromatic nitrogens is 2. The first-order chi connectivity index (χ1) is 12.0. The molecule has 1 aromatic heterocycles. The number of hydrogen-bond acceptors (Lipinski definition) is 3. The van der Waals surface area contributed by atoms with Crippen molar-refractivity contribution in [3.05, 3.63) is 69.2 Å². The predicted molar refractivity (Wildman–Crippen MR) is 92.2 cm³/mol. The smallest absolute Gasteiger partial charge is 0.266 e. The predicted octanol–water partition coefficient (Wildman–Crippen LogP) is 3.74. The number of nitrogens with one attached hydrogen (secondary N) is 1. The van der Waals surface area contributed by atoms with Crippen molar-refractivity contribution in [2.75, 3.05) is 6.54 Å². The first kappa shape index (κ1) is 16.2. The molecule has 1 fully saturated rings. The van der Waals surface area contributed by atoms with Gasteiger partial charge in [0.1, 0.15) is 17.5 Å². The van der Waals surface area contributed by atoms with Gasteiger partial charge in [-0.1, -0.05) is 17.7 Å². The summed E-state index contributed by atoms with van der Waals surface area (Å²) in [5, 5.41) is 3.94. The van der Waals surface area contributed by atoms with Crippen molar-refractivity contribution in [2.45, 2.75) is 18.9 Å². The zero-order valence-corrected chi connectivity index (χ0v) is 13.9. The topological polar surface area (TPSA) is 46.9 Å². The third-order valence-electron chi connectivity index (χ3n) is 4.35. The fraction of sp³-hybridized carbons (Fsp3) is 0.222. The van der Waals surface area contributed by atoms with Gasteiger partial charge >= 0.3 is 0 Å². The summed E-state index contributed by atoms with van der Waals surface area (Å²) in [7, 11) is 0. The van der Waals surface area contributed by atoms with Crippen molar-refractivity contribution >= 4 is 22.5 Å². The molecular formula is C18H14ClF2N3O. The molecule has 2 aromatic carbocycles. The quantitative estimate of drug-likeness (QED) is 0.756. The molecule has 1 atom stereocenters. The van der Waals surface area contributed by atoms with Crippen LogP contribution in [0.3, 0.4) is 0 Å². The standard InChI is InChI=1S/C18H14ClF2N3O/c19-14-4-1-3-13-16(14)23-17(15-5-2-6-22-15)24(18(13)25)12-8-10(20)7-11(21)9-12/h1,3-4,7-9,15,22H,2,5-6H2. The highest BCUT2D eigenvalue weighted by molar-refractivity contribution is 6.34. The van der Waals surface area contributed by atoms with E-state index in [2.05, 4.69) is 10.3 Å². The summed E-state index contributed by atoms with van der Waals surface area (Å²) in [5.41, 5.74) is 0.104. The summed E-state index contributed by atoms with van der Waals surface area (Å²) in [5.74, 6) is -1.09. The third-order valence-corrected chi connectivity index (χ3v) is 4.66. The minimum absolute atomic E-state index is 0.112. The summed E-state index contributed by atoms with van der Waals surface area (Å²) in [6.07, 6.45) is 1.71. The molecule has 0 amide bonds. The van der Waals surface area contributed by atoms with Crippen LogP contribution in [0.2, 0.25) is 5.02 Å². The lowest BCUT2D eigenvalue weighted by Crippen LogP contribution is -2.29. The van der Waals surface area contributed by atoms with Gasteiger partial charge in [0.05, 0.1) is 27.7 Å². The van der Waals surface area contributed by atoms with Gasteiger partial charge in [-0.3, -0.25) is 9.36 Å². The van der Waals surface area contributed by atoms with E-state index in [4.69, 9.17) is 11.6 Å². The Morgan fingerprint density at radius 3 is 2.64 bits per heavy atom. The highest BCUT2D eigenvalue weighted by Gasteiger charge is 2.24. The molecule has 1 N–H and O–H groups in total. The lowest BCUT2D eigenvalue weighted by atomic mass is 10.1. The van der Waals surface area contributed by atoms with Crippen LogP contribution >= 0.6 is 11.6 Å². The van der Waals surface area contributed by atoms with Crippen LogP contribution in [0.25, 0.3) is 16.6 Å². The van der Waals surface area contributed by atoms with Gasteiger partial charge in [0, 0.05) is 6.07 Å². The van der Waals surface area contributed by atoms with Crippen LogP contribution < -0.4 is 10.9 Å². The second-order valence-corrected chi connectivity index (χ2v) is 6.43. The van der Waals surface area contributed by atoms with Crippen LogP contribution in [0, 0.1) is 11.6 Å². The Hall–Kier alpha value is -2.31. The van der Waals surface area contributed by atoms with Gasteiger partial charge in [-0.05, 0) is 43.7 Å². The molecule has 1 aliphatic rings. The lowest BCUT2D eigenvalue weighted by molar-refractivity contribution is 0.568. The molecule has 7 heteroatoms. The van der Waals surface area contributed by atoms with Crippen molar-refractivity contribution in [1.82, 2.24) is 14.9 Å². The van der Waals surface area contributed by atoms with E-state index in [9.17, 15) is 13.6 Å². The maximum Gasteiger partial charge on any atom is 0.266 e. The largest absolute Gasteiger partial charge is 0.307 e. The van der Waals surface area contributed by atoms with Crippen molar-refractivity contribution < 1.29 is 8.78 Å². The van der Waals surface area contributed by atoms with E-state index in [1.807, 2.05) is 0 Å². The van der Waals surface area contributed by atoms with E-state index in [1.54, 1.807) is 18.2 Å². The molecule has 0 bridgehead atoms. The Balaban J connectivity index is 2.08. The summed E-state index contributed by atoms with van der Waals surface area (Å²) >= 11 is 6.21. The molecular weight excluding hydrogens is 348 g/mol. The summed E-state index contributed by atoms with van der Waals surface area (Å²) in [6.45, 7) is 0.790. The van der Waals surface area contributed by atoms with Gasteiger partial charge in [-0.15, -0.1) is 0 Å². The zero-order valence-electron chi connectivity index (χ0n) is 13.1. The number of rotatable bonds is 2. The highest BCUT2D eigenvalue weighted by atomic mass is 35.5. The maximum atomic E-state index is 13.7. The molecule has 3 aromatic rings. The van der Waals surface area contributed by atoms with Gasteiger partial charge in [0.2, 0.25) is 0 Å². The Morgan fingerprint density at radius 2 is 1.96 bits per heavy atom. The van der Waals surface area contributed by atoms with E-state index in [0.29, 0.717) is 21.7 Å². The van der Waals surface area contributed by atoms with Crippen LogP contribution in [0.5, 0.6) is 0 Å². The molecule has 0 radical (unpaired) electrons. The normalized spacial score (nSPS) is 17.3. The Labute approximate surface area is 147 Å². The molecule has 2 heterocycles. The summed E-state index contributed by atoms with van der Waals surface area (Å²) in [6, 6.07) is 7.76. The molecule has 4 rings (SSSR count). The molecule has 1 unspecified atom stereocenters. The lowest BCUT2D eigenvalue weighted by Gasteiger charge is -2.18. The van der Waals surface area contributed by atoms with Crippen LogP contribution in [0.4, 0.5) is 8.78 Å². The van der Waals surface area contributed by atoms with Crippen molar-refractivity contribution in [3.8, 4) is 5.69 Å². The number of nitrogens with zero attached hydrogens (tertiary/aromatic N) is 2. The van der Waals surface area contributed by atoms with Crippen molar-refractivity contribution in [1.29, 1.82) is 0 Å². The second-order valence-electron chi connectivity index (χ2n) is 6.02. The molecule has 25 heavy (non-hydrogen) atoms. The van der Waals surface area contributed by atoms with Gasteiger partial charge in [0.25, 0.3) is 5.56 Å². The third kappa shape index (κ3) is 2.81. The van der Waals surface area contributed by atoms with Crippen LogP contribution in [-0.4, -0.2) is 16.1 Å². The van der Waals surface area contributed by atoms with E-state index in [1.165, 1.54) is 4.57 Å². The second kappa shape index (κ2) is 6.20. The molecule has 0 aliphatic carbocycles. The van der Waals surface area contributed by atoms with Crippen LogP contribution in [-0.2, 0) is 0 Å². The minimum atomic E-state index is -0.751. The van der Waals surface area contributed by atoms with Gasteiger partial charge in [-0.25, -0.2) is 13.8 Å². The number of hydrogen-bond donors (Lipinski definition) is 1. The Bertz CT molecular complexity index is 1010. The number of fused-ring (bicyclic) bond motifs is 1. The molecule has 0 spiro atoms. The summed E-state index contributed by atoms with van der Waals surface area (Å²) in [4.78, 5) is 17.6. The van der Waals surface area contributed by atoms with E-state index in [0.717, 1.165) is 37.6 Å². The molecule has 0 saturated carbocycles. The van der Waals surface area contributed by atoms with Gasteiger partial charge in [-0.2, -0.15) is 0 Å². The SMILES string of the molecule is O=c1c2cccc(Cl)c2nc(C2CCCN2)n1-c1cc(F)cc(F)c1. The number of para-hydroxylation sites is 1. The van der Waals surface area contributed by atoms with E-state index >= 15 is 0 Å². The average molecular weight is 362 g/mol. The van der Waals surface area contributed by atoms with E-state index < -0.39 is 17.2 Å². The fourth-order valence-corrected chi connectivity index (χ4v) is 3.46. The molecule has 1 aliphatic heterocycles. The Morgan fingerprint density at radius 1 is 1.20 bits per heavy atom. The molecule has 128 valence electrons.